The molecule has 1 saturated carbocycles. The number of hydrogen-bond donors (Lipinski definition) is 2. The average molecular weight is 295 g/mol. The van der Waals surface area contributed by atoms with E-state index in [2.05, 4.69) is 17.1 Å². The van der Waals surface area contributed by atoms with E-state index >= 15 is 0 Å². The Kier molecular flexibility index (Phi) is 5.62. The van der Waals surface area contributed by atoms with Crippen LogP contribution in [0.3, 0.4) is 0 Å². The van der Waals surface area contributed by atoms with Gasteiger partial charge in [-0.3, -0.25) is 14.5 Å². The summed E-state index contributed by atoms with van der Waals surface area (Å²) in [4.78, 5) is 25.8. The van der Waals surface area contributed by atoms with E-state index in [1.165, 1.54) is 19.3 Å². The predicted molar refractivity (Wildman–Crippen MR) is 82.5 cm³/mol. The molecule has 3 N–H and O–H groups in total. The molecule has 2 aliphatic rings. The largest absolute Gasteiger partial charge is 0.369 e. The Bertz CT molecular complexity index is 378. The smallest absolute Gasteiger partial charge is 0.237 e. The molecule has 1 aliphatic carbocycles. The normalized spacial score (nSPS) is 29.8. The number of likely N-dealkylation sites (tertiary alicyclic amines) is 1. The predicted octanol–water partition coefficient (Wildman–Crippen LogP) is 1.27. The van der Waals surface area contributed by atoms with E-state index in [0.717, 1.165) is 32.4 Å². The Hall–Kier alpha value is -1.10. The molecular formula is C16H29N3O2. The Morgan fingerprint density at radius 2 is 1.76 bits per heavy atom. The summed E-state index contributed by atoms with van der Waals surface area (Å²) in [5.74, 6) is 0.486. The third kappa shape index (κ3) is 4.19. The van der Waals surface area contributed by atoms with Gasteiger partial charge in [0, 0.05) is 12.0 Å². The van der Waals surface area contributed by atoms with Gasteiger partial charge in [-0.1, -0.05) is 19.8 Å². The molecule has 3 atom stereocenters. The molecule has 2 amide bonds. The van der Waals surface area contributed by atoms with Crippen molar-refractivity contribution in [2.24, 2.45) is 17.6 Å². The van der Waals surface area contributed by atoms with Crippen LogP contribution in [0.15, 0.2) is 0 Å². The summed E-state index contributed by atoms with van der Waals surface area (Å²) in [7, 11) is 0. The standard InChI is InChI=1S/C16H29N3O2/c1-11-5-3-4-6-14(11)18-16(21)12(2)19-9-7-13(8-10-19)15(17)20/h11-14H,3-10H2,1-2H3,(H2,17,20)(H,18,21). The number of amides is 2. The van der Waals surface area contributed by atoms with Gasteiger partial charge < -0.3 is 11.1 Å². The van der Waals surface area contributed by atoms with Gasteiger partial charge in [-0.15, -0.1) is 0 Å². The molecule has 0 radical (unpaired) electrons. The first kappa shape index (κ1) is 16.3. The quantitative estimate of drug-likeness (QED) is 0.820. The van der Waals surface area contributed by atoms with Crippen LogP contribution in [0.2, 0.25) is 0 Å². The second-order valence-corrected chi connectivity index (χ2v) is 6.77. The molecule has 1 heterocycles. The Morgan fingerprint density at radius 1 is 1.14 bits per heavy atom. The summed E-state index contributed by atoms with van der Waals surface area (Å²) in [6, 6.07) is 0.213. The van der Waals surface area contributed by atoms with E-state index in [4.69, 9.17) is 5.73 Å². The minimum atomic E-state index is -0.206. The third-order valence-electron chi connectivity index (χ3n) is 5.30. The molecule has 2 fully saturated rings. The van der Waals surface area contributed by atoms with Crippen LogP contribution in [0, 0.1) is 11.8 Å². The van der Waals surface area contributed by atoms with E-state index in [9.17, 15) is 9.59 Å². The van der Waals surface area contributed by atoms with Gasteiger partial charge in [0.05, 0.1) is 6.04 Å². The van der Waals surface area contributed by atoms with Gasteiger partial charge >= 0.3 is 0 Å². The topological polar surface area (TPSA) is 75.4 Å². The van der Waals surface area contributed by atoms with E-state index in [1.807, 2.05) is 6.92 Å². The first-order valence-electron chi connectivity index (χ1n) is 8.32. The highest BCUT2D eigenvalue weighted by molar-refractivity contribution is 5.81. The van der Waals surface area contributed by atoms with Gasteiger partial charge in [0.15, 0.2) is 0 Å². The molecule has 120 valence electrons. The second-order valence-electron chi connectivity index (χ2n) is 6.77. The zero-order valence-corrected chi connectivity index (χ0v) is 13.3. The zero-order valence-electron chi connectivity index (χ0n) is 13.3. The van der Waals surface area contributed by atoms with Crippen molar-refractivity contribution in [3.05, 3.63) is 0 Å². The van der Waals surface area contributed by atoms with Gasteiger partial charge in [-0.2, -0.15) is 0 Å². The number of hydrogen-bond acceptors (Lipinski definition) is 3. The first-order valence-corrected chi connectivity index (χ1v) is 8.32. The highest BCUT2D eigenvalue weighted by atomic mass is 16.2. The Morgan fingerprint density at radius 3 is 2.33 bits per heavy atom. The number of primary amides is 1. The van der Waals surface area contributed by atoms with Crippen molar-refractivity contribution in [2.75, 3.05) is 13.1 Å². The van der Waals surface area contributed by atoms with Crippen LogP contribution in [-0.2, 0) is 9.59 Å². The summed E-state index contributed by atoms with van der Waals surface area (Å²) in [6.45, 7) is 5.76. The van der Waals surface area contributed by atoms with Crippen molar-refractivity contribution in [3.63, 3.8) is 0 Å². The lowest BCUT2D eigenvalue weighted by Gasteiger charge is -2.36. The Labute approximate surface area is 127 Å². The highest BCUT2D eigenvalue weighted by Gasteiger charge is 2.30. The van der Waals surface area contributed by atoms with E-state index < -0.39 is 0 Å². The number of rotatable bonds is 4. The maximum absolute atomic E-state index is 12.4. The monoisotopic (exact) mass is 295 g/mol. The molecule has 0 bridgehead atoms. The van der Waals surface area contributed by atoms with Crippen LogP contribution < -0.4 is 11.1 Å². The van der Waals surface area contributed by atoms with Gasteiger partial charge in [0.25, 0.3) is 0 Å². The van der Waals surface area contributed by atoms with Gasteiger partial charge in [-0.25, -0.2) is 0 Å². The number of nitrogens with one attached hydrogen (secondary N) is 1. The van der Waals surface area contributed by atoms with Crippen LogP contribution in [0.5, 0.6) is 0 Å². The lowest BCUT2D eigenvalue weighted by molar-refractivity contribution is -0.128. The summed E-state index contributed by atoms with van der Waals surface area (Å²) in [5, 5.41) is 3.23. The summed E-state index contributed by atoms with van der Waals surface area (Å²) < 4.78 is 0. The fraction of sp³-hybridized carbons (Fsp3) is 0.875. The van der Waals surface area contributed by atoms with Gasteiger partial charge in [0.2, 0.25) is 11.8 Å². The fourth-order valence-corrected chi connectivity index (χ4v) is 3.57. The lowest BCUT2D eigenvalue weighted by atomic mass is 9.86. The van der Waals surface area contributed by atoms with Crippen molar-refractivity contribution in [1.82, 2.24) is 10.2 Å². The SMILES string of the molecule is CC1CCCCC1NC(=O)C(C)N1CCC(C(N)=O)CC1. The molecule has 0 aromatic carbocycles. The molecule has 5 heteroatoms. The zero-order chi connectivity index (χ0) is 15.4. The molecule has 1 aliphatic heterocycles. The molecule has 5 nitrogen and oxygen atoms in total. The van der Waals surface area contributed by atoms with E-state index in [-0.39, 0.29) is 23.8 Å². The maximum Gasteiger partial charge on any atom is 0.237 e. The molecular weight excluding hydrogens is 266 g/mol. The maximum atomic E-state index is 12.4. The van der Waals surface area contributed by atoms with Crippen molar-refractivity contribution in [2.45, 2.75) is 64.5 Å². The molecule has 0 spiro atoms. The third-order valence-corrected chi connectivity index (χ3v) is 5.30. The number of piperidine rings is 1. The molecule has 1 saturated heterocycles. The first-order chi connectivity index (χ1) is 9.99. The van der Waals surface area contributed by atoms with Crippen molar-refractivity contribution < 1.29 is 9.59 Å². The Balaban J connectivity index is 1.81. The van der Waals surface area contributed by atoms with Crippen LogP contribution in [0.1, 0.15) is 52.4 Å². The molecule has 21 heavy (non-hydrogen) atoms. The molecule has 3 unspecified atom stereocenters. The van der Waals surface area contributed by atoms with E-state index in [0.29, 0.717) is 12.0 Å². The van der Waals surface area contributed by atoms with Gasteiger partial charge in [-0.05, 0) is 51.6 Å². The average Bonchev–Trinajstić information content (AvgIpc) is 2.49. The van der Waals surface area contributed by atoms with Crippen LogP contribution in [0.25, 0.3) is 0 Å². The number of nitrogens with two attached hydrogens (primary N) is 1. The van der Waals surface area contributed by atoms with Crippen molar-refractivity contribution >= 4 is 11.8 Å². The highest BCUT2D eigenvalue weighted by Crippen LogP contribution is 2.24. The second kappa shape index (κ2) is 7.25. The van der Waals surface area contributed by atoms with Gasteiger partial charge in [0.1, 0.15) is 0 Å². The number of nitrogens with zero attached hydrogens (tertiary/aromatic N) is 1. The summed E-state index contributed by atoms with van der Waals surface area (Å²) in [5.41, 5.74) is 5.35. The lowest BCUT2D eigenvalue weighted by Crippen LogP contribution is -2.52. The minimum absolute atomic E-state index is 0.0186. The number of carbonyl (C=O) groups excluding carboxylic acids is 2. The summed E-state index contributed by atoms with van der Waals surface area (Å²) in [6.07, 6.45) is 6.35. The minimum Gasteiger partial charge on any atom is -0.369 e. The van der Waals surface area contributed by atoms with E-state index in [1.54, 1.807) is 0 Å². The van der Waals surface area contributed by atoms with Crippen molar-refractivity contribution in [3.8, 4) is 0 Å². The fourth-order valence-electron chi connectivity index (χ4n) is 3.57. The van der Waals surface area contributed by atoms with Crippen molar-refractivity contribution in [1.29, 1.82) is 0 Å². The number of carbonyl (C=O) groups is 2. The molecule has 2 rings (SSSR count). The molecule has 0 aromatic heterocycles. The van der Waals surface area contributed by atoms with Crippen LogP contribution in [-0.4, -0.2) is 41.9 Å². The summed E-state index contributed by atoms with van der Waals surface area (Å²) >= 11 is 0. The van der Waals surface area contributed by atoms with Crippen LogP contribution in [0.4, 0.5) is 0 Å². The molecule has 0 aromatic rings. The van der Waals surface area contributed by atoms with Crippen LogP contribution >= 0.6 is 0 Å².